The van der Waals surface area contributed by atoms with Crippen LogP contribution in [0.3, 0.4) is 0 Å². The molecule has 0 aliphatic heterocycles. The molecule has 0 amide bonds. The van der Waals surface area contributed by atoms with E-state index in [2.05, 4.69) is 42.2 Å². The Bertz CT molecular complexity index is 457. The molecule has 2 rings (SSSR count). The van der Waals surface area contributed by atoms with Gasteiger partial charge in [-0.25, -0.2) is 0 Å². The molecule has 0 saturated heterocycles. The molecule has 1 N–H and O–H groups in total. The molecule has 0 radical (unpaired) electrons. The number of hydrogen-bond acceptors (Lipinski definition) is 3. The maximum atomic E-state index is 8.79. The van der Waals surface area contributed by atoms with Crippen LogP contribution in [0.1, 0.15) is 43.0 Å². The fraction of sp³-hybridized carbons (Fsp3) is 0.625. The van der Waals surface area contributed by atoms with Gasteiger partial charge in [0.2, 0.25) is 0 Å². The van der Waals surface area contributed by atoms with Gasteiger partial charge in [-0.2, -0.15) is 0 Å². The van der Waals surface area contributed by atoms with Crippen molar-refractivity contribution >= 4 is 11.3 Å². The smallest absolute Gasteiger partial charge is 0.104 e. The Hall–Kier alpha value is -0.820. The van der Waals surface area contributed by atoms with E-state index in [0.29, 0.717) is 6.04 Å². The largest absolute Gasteiger partial charge is 0.384 e. The quantitative estimate of drug-likeness (QED) is 0.858. The first-order valence-electron chi connectivity index (χ1n) is 7.07. The van der Waals surface area contributed by atoms with Crippen LogP contribution in [0.5, 0.6) is 0 Å². The van der Waals surface area contributed by atoms with Gasteiger partial charge in [0.25, 0.3) is 0 Å². The number of aliphatic hydroxyl groups excluding tert-OH is 1. The summed E-state index contributed by atoms with van der Waals surface area (Å²) in [5.74, 6) is 6.65. The van der Waals surface area contributed by atoms with Gasteiger partial charge in [-0.3, -0.25) is 4.90 Å². The SMILES string of the molecule is CC1CCCC(N(C)Cc2sccc2C#CCO)C1. The van der Waals surface area contributed by atoms with E-state index < -0.39 is 0 Å². The molecule has 1 aromatic heterocycles. The highest BCUT2D eigenvalue weighted by Crippen LogP contribution is 2.28. The molecule has 1 aliphatic carbocycles. The summed E-state index contributed by atoms with van der Waals surface area (Å²) in [6, 6.07) is 2.77. The second-order valence-electron chi connectivity index (χ2n) is 5.56. The predicted octanol–water partition coefficient (Wildman–Crippen LogP) is 3.10. The fourth-order valence-corrected chi connectivity index (χ4v) is 3.76. The molecule has 1 heterocycles. The van der Waals surface area contributed by atoms with Gasteiger partial charge in [-0.15, -0.1) is 11.3 Å². The molecule has 2 nitrogen and oxygen atoms in total. The highest BCUT2D eigenvalue weighted by molar-refractivity contribution is 7.10. The van der Waals surface area contributed by atoms with Gasteiger partial charge in [0.05, 0.1) is 0 Å². The van der Waals surface area contributed by atoms with E-state index in [1.54, 1.807) is 11.3 Å². The average molecular weight is 277 g/mol. The van der Waals surface area contributed by atoms with Crippen LogP contribution in [0.15, 0.2) is 11.4 Å². The minimum atomic E-state index is -0.0642. The van der Waals surface area contributed by atoms with Crippen LogP contribution in [0, 0.1) is 17.8 Å². The zero-order valence-electron chi connectivity index (χ0n) is 11.9. The van der Waals surface area contributed by atoms with Crippen molar-refractivity contribution in [3.8, 4) is 11.8 Å². The summed E-state index contributed by atoms with van der Waals surface area (Å²) in [5, 5.41) is 10.9. The summed E-state index contributed by atoms with van der Waals surface area (Å²) < 4.78 is 0. The maximum Gasteiger partial charge on any atom is 0.104 e. The molecule has 1 aliphatic rings. The topological polar surface area (TPSA) is 23.5 Å². The Morgan fingerprint density at radius 2 is 2.32 bits per heavy atom. The molecule has 0 aromatic carbocycles. The maximum absolute atomic E-state index is 8.79. The van der Waals surface area contributed by atoms with E-state index >= 15 is 0 Å². The molecule has 0 bridgehead atoms. The summed E-state index contributed by atoms with van der Waals surface area (Å²) in [4.78, 5) is 3.80. The predicted molar refractivity (Wildman–Crippen MR) is 81.2 cm³/mol. The second kappa shape index (κ2) is 7.09. The van der Waals surface area contributed by atoms with E-state index in [1.165, 1.54) is 30.6 Å². The lowest BCUT2D eigenvalue weighted by atomic mass is 9.86. The lowest BCUT2D eigenvalue weighted by molar-refractivity contribution is 0.159. The highest BCUT2D eigenvalue weighted by atomic mass is 32.1. The number of aliphatic hydroxyl groups is 1. The number of nitrogens with zero attached hydrogens (tertiary/aromatic N) is 1. The van der Waals surface area contributed by atoms with Crippen LogP contribution in [0.25, 0.3) is 0 Å². The van der Waals surface area contributed by atoms with Gasteiger partial charge >= 0.3 is 0 Å². The lowest BCUT2D eigenvalue weighted by Crippen LogP contribution is -2.35. The van der Waals surface area contributed by atoms with E-state index in [-0.39, 0.29) is 6.61 Å². The van der Waals surface area contributed by atoms with Crippen molar-refractivity contribution in [1.82, 2.24) is 4.90 Å². The van der Waals surface area contributed by atoms with Gasteiger partial charge in [-0.05, 0) is 37.3 Å². The van der Waals surface area contributed by atoms with E-state index in [1.807, 2.05) is 0 Å². The lowest BCUT2D eigenvalue weighted by Gasteiger charge is -2.34. The minimum absolute atomic E-state index is 0.0642. The van der Waals surface area contributed by atoms with Gasteiger partial charge in [0, 0.05) is 23.0 Å². The van der Waals surface area contributed by atoms with Gasteiger partial charge in [0.15, 0.2) is 0 Å². The van der Waals surface area contributed by atoms with Crippen LogP contribution in [0.2, 0.25) is 0 Å². The number of thiophene rings is 1. The van der Waals surface area contributed by atoms with Crippen molar-refractivity contribution in [1.29, 1.82) is 0 Å². The molecule has 2 unspecified atom stereocenters. The molecule has 2 atom stereocenters. The van der Waals surface area contributed by atoms with E-state index in [9.17, 15) is 0 Å². The van der Waals surface area contributed by atoms with Gasteiger partial charge in [-0.1, -0.05) is 31.6 Å². The van der Waals surface area contributed by atoms with E-state index in [4.69, 9.17) is 5.11 Å². The van der Waals surface area contributed by atoms with Crippen molar-refractivity contribution in [3.63, 3.8) is 0 Å². The standard InChI is InChI=1S/C16H23NOS/c1-13-5-3-7-15(11-13)17(2)12-16-14(6-4-9-18)8-10-19-16/h8,10,13,15,18H,3,5,7,9,11-12H2,1-2H3. The third-order valence-electron chi connectivity index (χ3n) is 3.97. The van der Waals surface area contributed by atoms with Crippen LogP contribution < -0.4 is 0 Å². The first-order valence-corrected chi connectivity index (χ1v) is 7.95. The first-order chi connectivity index (χ1) is 9.20. The zero-order valence-corrected chi connectivity index (χ0v) is 12.7. The molecule has 19 heavy (non-hydrogen) atoms. The van der Waals surface area contributed by atoms with Gasteiger partial charge in [0.1, 0.15) is 6.61 Å². The molecular formula is C16H23NOS. The summed E-state index contributed by atoms with van der Waals surface area (Å²) in [7, 11) is 2.23. The molecule has 0 spiro atoms. The Kier molecular flexibility index (Phi) is 5.45. The average Bonchev–Trinajstić information content (AvgIpc) is 2.83. The van der Waals surface area contributed by atoms with Crippen molar-refractivity contribution in [2.24, 2.45) is 5.92 Å². The Morgan fingerprint density at radius 3 is 3.05 bits per heavy atom. The second-order valence-corrected chi connectivity index (χ2v) is 6.56. The molecule has 1 saturated carbocycles. The highest BCUT2D eigenvalue weighted by Gasteiger charge is 2.22. The zero-order chi connectivity index (χ0) is 13.7. The Morgan fingerprint density at radius 1 is 1.47 bits per heavy atom. The summed E-state index contributed by atoms with van der Waals surface area (Å²) >= 11 is 1.77. The number of hydrogen-bond donors (Lipinski definition) is 1. The monoisotopic (exact) mass is 277 g/mol. The summed E-state index contributed by atoms with van der Waals surface area (Å²) in [5.41, 5.74) is 1.08. The van der Waals surface area contributed by atoms with E-state index in [0.717, 1.165) is 18.0 Å². The molecule has 1 fully saturated rings. The number of rotatable bonds is 3. The van der Waals surface area contributed by atoms with Crippen LogP contribution in [0.4, 0.5) is 0 Å². The third kappa shape index (κ3) is 4.07. The Balaban J connectivity index is 1.98. The third-order valence-corrected chi connectivity index (χ3v) is 4.88. The van der Waals surface area contributed by atoms with Crippen LogP contribution >= 0.6 is 11.3 Å². The van der Waals surface area contributed by atoms with Crippen molar-refractivity contribution in [2.45, 2.75) is 45.2 Å². The minimum Gasteiger partial charge on any atom is -0.384 e. The first kappa shape index (κ1) is 14.6. The molecule has 1 aromatic rings. The summed E-state index contributed by atoms with van der Waals surface area (Å²) in [6.07, 6.45) is 5.39. The van der Waals surface area contributed by atoms with Crippen molar-refractivity contribution in [3.05, 3.63) is 21.9 Å². The fourth-order valence-electron chi connectivity index (χ4n) is 2.87. The van der Waals surface area contributed by atoms with Crippen LogP contribution in [-0.2, 0) is 6.54 Å². The van der Waals surface area contributed by atoms with Gasteiger partial charge < -0.3 is 5.11 Å². The van der Waals surface area contributed by atoms with Crippen molar-refractivity contribution in [2.75, 3.05) is 13.7 Å². The van der Waals surface area contributed by atoms with Crippen LogP contribution in [-0.4, -0.2) is 29.7 Å². The van der Waals surface area contributed by atoms with Crippen molar-refractivity contribution < 1.29 is 5.11 Å². The molecular weight excluding hydrogens is 254 g/mol. The molecule has 104 valence electrons. The summed E-state index contributed by atoms with van der Waals surface area (Å²) in [6.45, 7) is 3.28. The molecule has 3 heteroatoms. The normalized spacial score (nSPS) is 23.2. The Labute approximate surface area is 120 Å².